The fourth-order valence-corrected chi connectivity index (χ4v) is 2.32. The smallest absolute Gasteiger partial charge is 0.0580 e. The van der Waals surface area contributed by atoms with Crippen molar-refractivity contribution in [2.45, 2.75) is 34.6 Å². The number of nitrogen functional groups attached to an aromatic ring is 1. The number of fused-ring (bicyclic) bond motifs is 2. The van der Waals surface area contributed by atoms with Gasteiger partial charge in [-0.25, -0.2) is 0 Å². The van der Waals surface area contributed by atoms with Gasteiger partial charge in [-0.15, -0.1) is 0 Å². The average molecular weight is 348 g/mol. The number of aryl methyl sites for hydroxylation is 1. The molecule has 2 aromatic carbocycles. The van der Waals surface area contributed by atoms with Gasteiger partial charge in [-0.1, -0.05) is 70.2 Å². The van der Waals surface area contributed by atoms with E-state index in [0.29, 0.717) is 0 Å². The fourth-order valence-electron chi connectivity index (χ4n) is 2.32. The van der Waals surface area contributed by atoms with Gasteiger partial charge in [0.2, 0.25) is 0 Å². The van der Waals surface area contributed by atoms with Crippen molar-refractivity contribution >= 4 is 27.2 Å². The van der Waals surface area contributed by atoms with Crippen LogP contribution in [-0.4, -0.2) is 15.2 Å². The summed E-state index contributed by atoms with van der Waals surface area (Å²) in [5, 5.41) is 12.1. The van der Waals surface area contributed by atoms with Crippen molar-refractivity contribution in [2.24, 2.45) is 0 Å². The summed E-state index contributed by atoms with van der Waals surface area (Å²) in [5.41, 5.74) is 7.68. The quantitative estimate of drug-likeness (QED) is 0.435. The second-order valence-electron chi connectivity index (χ2n) is 5.02. The van der Waals surface area contributed by atoms with Gasteiger partial charge in [-0.2, -0.15) is 10.2 Å². The number of hydrogen-bond acceptors (Lipinski definition) is 4. The largest absolute Gasteiger partial charge is 0.397 e. The van der Waals surface area contributed by atoms with Crippen LogP contribution in [0.3, 0.4) is 0 Å². The SMILES string of the molecule is CC.CC.Cc1cccc2cnncc12.Nc1cncc2ccccc12. The van der Waals surface area contributed by atoms with E-state index in [1.54, 1.807) is 18.6 Å². The molecule has 0 aliphatic heterocycles. The molecule has 4 nitrogen and oxygen atoms in total. The molecule has 0 atom stereocenters. The summed E-state index contributed by atoms with van der Waals surface area (Å²) in [6.45, 7) is 10.1. The molecule has 136 valence electrons. The Bertz CT molecular complexity index is 832. The second-order valence-corrected chi connectivity index (χ2v) is 5.02. The molecule has 2 heterocycles. The number of nitrogens with zero attached hydrogens (tertiary/aromatic N) is 3. The van der Waals surface area contributed by atoms with Crippen LogP contribution in [0.2, 0.25) is 0 Å². The number of pyridine rings is 1. The molecule has 4 rings (SSSR count). The van der Waals surface area contributed by atoms with Crippen LogP contribution in [0.5, 0.6) is 0 Å². The average Bonchev–Trinajstić information content (AvgIpc) is 2.72. The van der Waals surface area contributed by atoms with Crippen molar-refractivity contribution in [1.82, 2.24) is 15.2 Å². The first kappa shape index (κ1) is 21.0. The summed E-state index contributed by atoms with van der Waals surface area (Å²) in [7, 11) is 0. The maximum atomic E-state index is 5.69. The second kappa shape index (κ2) is 11.5. The van der Waals surface area contributed by atoms with Crippen LogP contribution < -0.4 is 5.73 Å². The standard InChI is InChI=1S/2C9H8N2.2C2H6/c1-7-3-2-4-8-5-10-11-6-9(7)8;10-9-6-11-5-7-3-1-2-4-8(7)9;2*1-2/h2-6H,1H3;1-6H,10H2;2*1-2H3. The van der Waals surface area contributed by atoms with Crippen molar-refractivity contribution in [3.63, 3.8) is 0 Å². The monoisotopic (exact) mass is 348 g/mol. The summed E-state index contributed by atoms with van der Waals surface area (Å²) < 4.78 is 0. The first-order chi connectivity index (χ1) is 12.8. The topological polar surface area (TPSA) is 64.7 Å². The Kier molecular flexibility index (Phi) is 9.33. The molecule has 4 aromatic rings. The zero-order valence-electron chi connectivity index (χ0n) is 16.3. The van der Waals surface area contributed by atoms with Gasteiger partial charge in [0.15, 0.2) is 0 Å². The molecule has 0 saturated carbocycles. The van der Waals surface area contributed by atoms with Gasteiger partial charge >= 0.3 is 0 Å². The van der Waals surface area contributed by atoms with Gasteiger partial charge in [0.1, 0.15) is 0 Å². The first-order valence-corrected chi connectivity index (χ1v) is 9.00. The maximum absolute atomic E-state index is 5.69. The van der Waals surface area contributed by atoms with E-state index < -0.39 is 0 Å². The number of hydrogen-bond donors (Lipinski definition) is 1. The minimum absolute atomic E-state index is 0.739. The van der Waals surface area contributed by atoms with Crippen LogP contribution >= 0.6 is 0 Å². The Morgan fingerprint density at radius 1 is 0.654 bits per heavy atom. The van der Waals surface area contributed by atoms with Gasteiger partial charge in [0.05, 0.1) is 24.3 Å². The molecule has 0 fully saturated rings. The lowest BCUT2D eigenvalue weighted by Crippen LogP contribution is -1.87. The van der Waals surface area contributed by atoms with Gasteiger partial charge < -0.3 is 5.73 Å². The van der Waals surface area contributed by atoms with E-state index in [9.17, 15) is 0 Å². The minimum Gasteiger partial charge on any atom is -0.397 e. The molecule has 0 aliphatic carbocycles. The van der Waals surface area contributed by atoms with Gasteiger partial charge in [-0.3, -0.25) is 4.98 Å². The summed E-state index contributed by atoms with van der Waals surface area (Å²) in [4.78, 5) is 3.99. The Hall–Kier alpha value is -3.01. The molecule has 0 saturated heterocycles. The lowest BCUT2D eigenvalue weighted by Gasteiger charge is -1.98. The number of rotatable bonds is 0. The highest BCUT2D eigenvalue weighted by Crippen LogP contribution is 2.17. The molecule has 2 aromatic heterocycles. The van der Waals surface area contributed by atoms with Crippen LogP contribution in [0.25, 0.3) is 21.5 Å². The molecule has 0 amide bonds. The van der Waals surface area contributed by atoms with Crippen LogP contribution in [0.15, 0.2) is 67.3 Å². The highest BCUT2D eigenvalue weighted by molar-refractivity contribution is 5.91. The lowest BCUT2D eigenvalue weighted by atomic mass is 10.1. The molecule has 0 bridgehead atoms. The number of anilines is 1. The predicted octanol–water partition coefficient (Wildman–Crippen LogP) is 5.81. The van der Waals surface area contributed by atoms with E-state index in [1.807, 2.05) is 70.3 Å². The number of nitrogens with two attached hydrogens (primary N) is 1. The van der Waals surface area contributed by atoms with Gasteiger partial charge in [0.25, 0.3) is 0 Å². The van der Waals surface area contributed by atoms with Crippen molar-refractivity contribution < 1.29 is 0 Å². The summed E-state index contributed by atoms with van der Waals surface area (Å²) in [6.07, 6.45) is 7.06. The van der Waals surface area contributed by atoms with Crippen LogP contribution in [-0.2, 0) is 0 Å². The van der Waals surface area contributed by atoms with E-state index in [1.165, 1.54) is 10.9 Å². The van der Waals surface area contributed by atoms with Crippen molar-refractivity contribution in [3.05, 3.63) is 72.8 Å². The molecule has 26 heavy (non-hydrogen) atoms. The number of benzene rings is 2. The Labute approximate surface area is 156 Å². The molecule has 4 heteroatoms. The zero-order chi connectivity index (χ0) is 19.4. The normalized spacial score (nSPS) is 9.12. The zero-order valence-corrected chi connectivity index (χ0v) is 16.3. The first-order valence-electron chi connectivity index (χ1n) is 9.00. The molecule has 0 spiro atoms. The van der Waals surface area contributed by atoms with E-state index >= 15 is 0 Å². The van der Waals surface area contributed by atoms with E-state index in [0.717, 1.165) is 21.8 Å². The Balaban J connectivity index is 0.000000219. The minimum atomic E-state index is 0.739. The summed E-state index contributed by atoms with van der Waals surface area (Å²) in [6, 6.07) is 14.1. The Morgan fingerprint density at radius 2 is 1.27 bits per heavy atom. The third-order valence-corrected chi connectivity index (χ3v) is 3.51. The highest BCUT2D eigenvalue weighted by Gasteiger charge is 1.94. The third-order valence-electron chi connectivity index (χ3n) is 3.51. The molecule has 0 unspecified atom stereocenters. The van der Waals surface area contributed by atoms with E-state index in [-0.39, 0.29) is 0 Å². The summed E-state index contributed by atoms with van der Waals surface area (Å²) >= 11 is 0. The predicted molar refractivity (Wildman–Crippen MR) is 113 cm³/mol. The lowest BCUT2D eigenvalue weighted by molar-refractivity contribution is 1.05. The third kappa shape index (κ3) is 5.52. The van der Waals surface area contributed by atoms with Crippen molar-refractivity contribution in [2.75, 3.05) is 5.73 Å². The number of aromatic nitrogens is 3. The maximum Gasteiger partial charge on any atom is 0.0580 e. The van der Waals surface area contributed by atoms with Gasteiger partial charge in [-0.05, 0) is 12.5 Å². The molecular weight excluding hydrogens is 320 g/mol. The van der Waals surface area contributed by atoms with Crippen LogP contribution in [0.1, 0.15) is 33.3 Å². The van der Waals surface area contributed by atoms with Crippen LogP contribution in [0.4, 0.5) is 5.69 Å². The van der Waals surface area contributed by atoms with E-state index in [4.69, 9.17) is 5.73 Å². The molecular formula is C22H28N4. The van der Waals surface area contributed by atoms with Crippen molar-refractivity contribution in [3.8, 4) is 0 Å². The molecule has 0 aliphatic rings. The highest BCUT2D eigenvalue weighted by atomic mass is 15.1. The fraction of sp³-hybridized carbons (Fsp3) is 0.227. The van der Waals surface area contributed by atoms with Crippen LogP contribution in [0, 0.1) is 6.92 Å². The van der Waals surface area contributed by atoms with Crippen molar-refractivity contribution in [1.29, 1.82) is 0 Å². The van der Waals surface area contributed by atoms with E-state index in [2.05, 4.69) is 28.2 Å². The molecule has 0 radical (unpaired) electrons. The van der Waals surface area contributed by atoms with Gasteiger partial charge in [0, 0.05) is 27.7 Å². The summed E-state index contributed by atoms with van der Waals surface area (Å²) in [5.74, 6) is 0. The Morgan fingerprint density at radius 3 is 1.96 bits per heavy atom. The molecule has 2 N–H and O–H groups in total.